The first-order valence-electron chi connectivity index (χ1n) is 8.94. The van der Waals surface area contributed by atoms with Crippen molar-refractivity contribution in [3.8, 4) is 11.5 Å². The van der Waals surface area contributed by atoms with Crippen LogP contribution in [0.5, 0.6) is 0 Å². The molecule has 1 aliphatic heterocycles. The van der Waals surface area contributed by atoms with Crippen LogP contribution in [0.2, 0.25) is 0 Å². The summed E-state index contributed by atoms with van der Waals surface area (Å²) in [4.78, 5) is 4.83. The lowest BCUT2D eigenvalue weighted by Crippen LogP contribution is -2.58. The average molecular weight is 419 g/mol. The molecule has 4 rings (SSSR count). The Kier molecular flexibility index (Phi) is 6.02. The van der Waals surface area contributed by atoms with Gasteiger partial charge in [0.05, 0.1) is 21.0 Å². The van der Waals surface area contributed by atoms with Crippen LogP contribution in [-0.4, -0.2) is 22.7 Å². The van der Waals surface area contributed by atoms with Gasteiger partial charge in [-0.25, -0.2) is 9.56 Å². The van der Waals surface area contributed by atoms with Crippen molar-refractivity contribution in [3.05, 3.63) is 53.9 Å². The molecule has 0 saturated carbocycles. The van der Waals surface area contributed by atoms with Crippen LogP contribution >= 0.6 is 0 Å². The number of aromatic nitrogens is 1. The number of nitrogens with two attached hydrogens (primary N) is 1. The van der Waals surface area contributed by atoms with Crippen LogP contribution in [0.3, 0.4) is 0 Å². The van der Waals surface area contributed by atoms with Gasteiger partial charge in [-0.1, -0.05) is 24.3 Å². The van der Waals surface area contributed by atoms with E-state index in [0.717, 1.165) is 51.8 Å². The normalized spacial score (nSPS) is 11.5. The van der Waals surface area contributed by atoms with Crippen LogP contribution in [0.1, 0.15) is 13.8 Å². The summed E-state index contributed by atoms with van der Waals surface area (Å²) >= 11 is 0. The van der Waals surface area contributed by atoms with Crippen molar-refractivity contribution < 1.29 is 33.3 Å². The summed E-state index contributed by atoms with van der Waals surface area (Å²) in [5.74, 6) is 0.779. The topological polar surface area (TPSA) is 144 Å². The molecule has 0 unspecified atom stereocenters. The summed E-state index contributed by atoms with van der Waals surface area (Å²) in [5, 5.41) is 3.17. The molecule has 29 heavy (non-hydrogen) atoms. The van der Waals surface area contributed by atoms with Crippen molar-refractivity contribution in [1.82, 2.24) is 9.56 Å². The minimum atomic E-state index is -4.69. The predicted molar refractivity (Wildman–Crippen MR) is 101 cm³/mol. The van der Waals surface area contributed by atoms with E-state index >= 15 is 0 Å². The van der Waals surface area contributed by atoms with Gasteiger partial charge >= 0.3 is 0 Å². The summed E-state index contributed by atoms with van der Waals surface area (Å²) in [6, 6.07) is 16.1. The van der Waals surface area contributed by atoms with E-state index in [1.54, 1.807) is 0 Å². The number of hydrogen-bond acceptors (Lipinski definition) is 7. The van der Waals surface area contributed by atoms with Gasteiger partial charge in [-0.2, -0.15) is 14.0 Å². The second-order valence-electron chi connectivity index (χ2n) is 6.29. The molecule has 1 heterocycles. The third-order valence-electron chi connectivity index (χ3n) is 4.54. The highest BCUT2D eigenvalue weighted by Crippen LogP contribution is 2.32. The molecular weight excluding hydrogens is 398 g/mol. The molecule has 0 radical (unpaired) electrons. The Morgan fingerprint density at radius 3 is 2.28 bits per heavy atom. The monoisotopic (exact) mass is 418 g/mol. The van der Waals surface area contributed by atoms with Crippen molar-refractivity contribution in [1.29, 1.82) is 0 Å². The fourth-order valence-electron chi connectivity index (χ4n) is 3.26. The van der Waals surface area contributed by atoms with Gasteiger partial charge in [0.25, 0.3) is 0 Å². The van der Waals surface area contributed by atoms with Gasteiger partial charge < -0.3 is 10.2 Å². The van der Waals surface area contributed by atoms with E-state index in [1.165, 1.54) is 0 Å². The molecule has 0 spiro atoms. The molecule has 1 aliphatic carbocycles. The second kappa shape index (κ2) is 8.32. The van der Waals surface area contributed by atoms with Crippen molar-refractivity contribution in [3.63, 3.8) is 0 Å². The number of rotatable bonds is 2. The Bertz CT molecular complexity index is 1190. The van der Waals surface area contributed by atoms with Gasteiger partial charge in [-0.15, -0.1) is 0 Å². The largest absolute Gasteiger partial charge is 0.452 e. The first-order valence-corrected chi connectivity index (χ1v) is 10.2. The Labute approximate surface area is 168 Å². The predicted octanol–water partition coefficient (Wildman–Crippen LogP) is -0.644. The summed E-state index contributed by atoms with van der Waals surface area (Å²) in [5.41, 5.74) is 9.33. The quantitative estimate of drug-likeness (QED) is 0.190. The van der Waals surface area contributed by atoms with Gasteiger partial charge in [0.2, 0.25) is 5.36 Å². The molecular formula is C20H21ClN3O5+. The summed E-state index contributed by atoms with van der Waals surface area (Å²) in [6.45, 7) is 6.22. The summed E-state index contributed by atoms with van der Waals surface area (Å²) < 4.78 is 41.2. The van der Waals surface area contributed by atoms with E-state index in [0.29, 0.717) is 5.69 Å². The van der Waals surface area contributed by atoms with Crippen molar-refractivity contribution in [2.24, 2.45) is 0 Å². The number of nitrogens with zero attached hydrogens (tertiary/aromatic N) is 2. The van der Waals surface area contributed by atoms with E-state index in [4.69, 9.17) is 33.8 Å². The maximum absolute atomic E-state index is 8.60. The van der Waals surface area contributed by atoms with Crippen molar-refractivity contribution in [2.75, 3.05) is 18.8 Å². The number of benzene rings is 3. The Balaban J connectivity index is 0.000000431. The molecule has 0 aromatic heterocycles. The highest BCUT2D eigenvalue weighted by molar-refractivity contribution is 6.09. The zero-order chi connectivity index (χ0) is 21.2. The number of fused-ring (bicyclic) bond motifs is 4. The zero-order valence-electron chi connectivity index (χ0n) is 16.0. The maximum atomic E-state index is 8.60. The van der Waals surface area contributed by atoms with Crippen molar-refractivity contribution >= 4 is 27.6 Å². The molecule has 0 atom stereocenters. The average Bonchev–Trinajstić information content (AvgIpc) is 2.67. The molecule has 2 aromatic rings. The van der Waals surface area contributed by atoms with Gasteiger partial charge in [-0.3, -0.25) is 0 Å². The molecule has 8 nitrogen and oxygen atoms in total. The lowest BCUT2D eigenvalue weighted by atomic mass is 10.1. The molecule has 9 heteroatoms. The highest BCUT2D eigenvalue weighted by Gasteiger charge is 2.14. The second-order valence-corrected chi connectivity index (χ2v) is 7.08. The van der Waals surface area contributed by atoms with Gasteiger partial charge in [0, 0.05) is 28.6 Å². The third-order valence-corrected chi connectivity index (χ3v) is 4.54. The van der Waals surface area contributed by atoms with Crippen LogP contribution in [0.25, 0.3) is 33.3 Å². The molecule has 2 aliphatic rings. The molecule has 152 valence electrons. The number of halogens is 1. The Morgan fingerprint density at radius 2 is 1.66 bits per heavy atom. The minimum absolute atomic E-state index is 0.711. The first-order chi connectivity index (χ1) is 13.7. The standard InChI is InChI=1S/C20H19N3O.ClHO4/c1-3-23(4-2)13-9-10-17-18(11-13)24-19-12-16(21)14-7-5-6-8-15(14)20(19)22-17;2-1(3,4)5/h5-12,21H,3-4H2,1-2H3;(H,2,3,4,5)/p+1. The van der Waals surface area contributed by atoms with Crippen LogP contribution in [-0.2, 0) is 0 Å². The Hall–Kier alpha value is -2.75. The number of anilines is 1. The molecule has 0 bridgehead atoms. The highest BCUT2D eigenvalue weighted by atomic mass is 35.7. The van der Waals surface area contributed by atoms with E-state index in [9.17, 15) is 0 Å². The van der Waals surface area contributed by atoms with E-state index < -0.39 is 10.2 Å². The molecule has 2 aromatic carbocycles. The lowest BCUT2D eigenvalue weighted by molar-refractivity contribution is -1.92. The van der Waals surface area contributed by atoms with Crippen molar-refractivity contribution in [2.45, 2.75) is 13.8 Å². The lowest BCUT2D eigenvalue weighted by Gasteiger charge is -2.10. The first kappa shape index (κ1) is 21.0. The van der Waals surface area contributed by atoms with E-state index in [-0.39, 0.29) is 0 Å². The number of nitrogen functional groups attached to an aromatic ring is 1. The van der Waals surface area contributed by atoms with Gasteiger partial charge in [-0.05, 0) is 19.9 Å². The van der Waals surface area contributed by atoms with Crippen LogP contribution in [0.15, 0.2) is 52.9 Å². The number of hydrogen-bond donors (Lipinski definition) is 2. The van der Waals surface area contributed by atoms with E-state index in [1.807, 2.05) is 36.4 Å². The summed E-state index contributed by atoms with van der Waals surface area (Å²) in [7, 11) is -4.69. The maximum Gasteiger partial charge on any atom is 0.203 e. The molecule has 0 fully saturated rings. The molecule has 0 amide bonds. The third kappa shape index (κ3) is 4.81. The minimum Gasteiger partial charge on any atom is -0.452 e. The molecule has 3 N–H and O–H groups in total. The van der Waals surface area contributed by atoms with Gasteiger partial charge in [0.15, 0.2) is 11.3 Å². The summed E-state index contributed by atoms with van der Waals surface area (Å²) in [6.07, 6.45) is 0. The fraction of sp³-hybridized carbons (Fsp3) is 0.200. The van der Waals surface area contributed by atoms with E-state index in [2.05, 4.69) is 30.6 Å². The SMILES string of the molecule is CC[N+](CC)=c1ccc2nc3c(cc(N)c4ccccc43)oc-2c1.[O-][Cl+3]([O-])([O-])O. The van der Waals surface area contributed by atoms with Gasteiger partial charge in [0.1, 0.15) is 24.3 Å². The molecule has 0 saturated heterocycles. The fourth-order valence-corrected chi connectivity index (χ4v) is 3.26. The van der Waals surface area contributed by atoms with Crippen LogP contribution in [0.4, 0.5) is 5.69 Å². The smallest absolute Gasteiger partial charge is 0.203 e. The van der Waals surface area contributed by atoms with Crippen LogP contribution in [0, 0.1) is 10.2 Å². The van der Waals surface area contributed by atoms with Crippen LogP contribution < -0.4 is 29.6 Å². The zero-order valence-corrected chi connectivity index (χ0v) is 16.7. The Morgan fingerprint density at radius 1 is 1.03 bits per heavy atom.